The third-order valence-corrected chi connectivity index (χ3v) is 6.09. The van der Waals surface area contributed by atoms with E-state index >= 15 is 0 Å². The predicted molar refractivity (Wildman–Crippen MR) is 127 cm³/mol. The standard InChI is InChI=1S/C26H21F3N2O3S/c1-33-17-7-5-16(6-8-17)11-12-30-25(32)24-15-35-26(31-24)19-10-9-18(13-23(19)29)34-14-20-21(27)3-2-4-22(20)28/h2-10,13,15H,11-12,14H2,1H3,(H,30,32). The molecular weight excluding hydrogens is 477 g/mol. The van der Waals surface area contributed by atoms with Crippen LogP contribution in [0.25, 0.3) is 10.6 Å². The van der Waals surface area contributed by atoms with Crippen LogP contribution in [0.1, 0.15) is 21.6 Å². The molecule has 0 fully saturated rings. The number of carbonyl (C=O) groups excluding carboxylic acids is 1. The van der Waals surface area contributed by atoms with E-state index in [1.165, 1.54) is 18.2 Å². The molecule has 0 spiro atoms. The predicted octanol–water partition coefficient (Wildman–Crippen LogP) is 5.79. The van der Waals surface area contributed by atoms with Crippen LogP contribution in [0.15, 0.2) is 66.0 Å². The van der Waals surface area contributed by atoms with E-state index in [-0.39, 0.29) is 35.1 Å². The number of halogens is 3. The number of carbonyl (C=O) groups is 1. The van der Waals surface area contributed by atoms with Crippen LogP contribution in [0.2, 0.25) is 0 Å². The molecular formula is C26H21F3N2O3S. The Morgan fingerprint density at radius 1 is 0.971 bits per heavy atom. The van der Waals surface area contributed by atoms with Crippen molar-refractivity contribution in [1.29, 1.82) is 0 Å². The fraction of sp³-hybridized carbons (Fsp3) is 0.154. The highest BCUT2D eigenvalue weighted by Crippen LogP contribution is 2.29. The van der Waals surface area contributed by atoms with Crippen LogP contribution in [-0.2, 0) is 13.0 Å². The summed E-state index contributed by atoms with van der Waals surface area (Å²) in [5, 5.41) is 4.69. The average Bonchev–Trinajstić information content (AvgIpc) is 3.34. The maximum Gasteiger partial charge on any atom is 0.270 e. The first-order chi connectivity index (χ1) is 16.9. The molecule has 35 heavy (non-hydrogen) atoms. The van der Waals surface area contributed by atoms with Crippen molar-refractivity contribution in [2.75, 3.05) is 13.7 Å². The zero-order valence-electron chi connectivity index (χ0n) is 18.7. The summed E-state index contributed by atoms with van der Waals surface area (Å²) in [6.07, 6.45) is 0.638. The second kappa shape index (κ2) is 11.1. The fourth-order valence-corrected chi connectivity index (χ4v) is 4.12. The van der Waals surface area contributed by atoms with Crippen LogP contribution in [0.5, 0.6) is 11.5 Å². The third kappa shape index (κ3) is 5.99. The Kier molecular flexibility index (Phi) is 7.67. The van der Waals surface area contributed by atoms with Gasteiger partial charge in [-0.25, -0.2) is 18.2 Å². The lowest BCUT2D eigenvalue weighted by atomic mass is 10.1. The van der Waals surface area contributed by atoms with Crippen molar-refractivity contribution in [3.63, 3.8) is 0 Å². The highest BCUT2D eigenvalue weighted by molar-refractivity contribution is 7.13. The minimum Gasteiger partial charge on any atom is -0.497 e. The van der Waals surface area contributed by atoms with E-state index in [2.05, 4.69) is 10.3 Å². The molecule has 180 valence electrons. The van der Waals surface area contributed by atoms with E-state index in [1.54, 1.807) is 12.5 Å². The summed E-state index contributed by atoms with van der Waals surface area (Å²) in [7, 11) is 1.60. The van der Waals surface area contributed by atoms with Gasteiger partial charge in [-0.15, -0.1) is 11.3 Å². The number of aromatic nitrogens is 1. The Morgan fingerprint density at radius 3 is 2.37 bits per heavy atom. The SMILES string of the molecule is COc1ccc(CCNC(=O)c2csc(-c3ccc(OCc4c(F)cccc4F)cc3F)n2)cc1. The van der Waals surface area contributed by atoms with Gasteiger partial charge in [-0.1, -0.05) is 18.2 Å². The van der Waals surface area contributed by atoms with Gasteiger partial charge >= 0.3 is 0 Å². The van der Waals surface area contributed by atoms with Crippen LogP contribution >= 0.6 is 11.3 Å². The van der Waals surface area contributed by atoms with Crippen molar-refractivity contribution >= 4 is 17.2 Å². The molecule has 0 atom stereocenters. The van der Waals surface area contributed by atoms with E-state index in [4.69, 9.17) is 9.47 Å². The van der Waals surface area contributed by atoms with Crippen LogP contribution in [0, 0.1) is 17.5 Å². The number of benzene rings is 3. The fourth-order valence-electron chi connectivity index (χ4n) is 3.29. The molecule has 0 radical (unpaired) electrons. The molecule has 3 aromatic carbocycles. The smallest absolute Gasteiger partial charge is 0.270 e. The van der Waals surface area contributed by atoms with Crippen LogP contribution < -0.4 is 14.8 Å². The zero-order valence-corrected chi connectivity index (χ0v) is 19.5. The number of amides is 1. The maximum absolute atomic E-state index is 14.7. The largest absolute Gasteiger partial charge is 0.497 e. The number of nitrogens with one attached hydrogen (secondary N) is 1. The molecule has 1 aromatic heterocycles. The first-order valence-corrected chi connectivity index (χ1v) is 11.5. The van der Waals surface area contributed by atoms with Crippen molar-refractivity contribution in [3.05, 3.63) is 100 Å². The molecule has 0 aliphatic carbocycles. The van der Waals surface area contributed by atoms with Gasteiger partial charge in [0.2, 0.25) is 0 Å². The van der Waals surface area contributed by atoms with Gasteiger partial charge in [0, 0.05) is 23.6 Å². The molecule has 5 nitrogen and oxygen atoms in total. The molecule has 4 rings (SSSR count). The topological polar surface area (TPSA) is 60.5 Å². The maximum atomic E-state index is 14.7. The average molecular weight is 499 g/mol. The summed E-state index contributed by atoms with van der Waals surface area (Å²) in [5.41, 5.74) is 1.19. The summed E-state index contributed by atoms with van der Waals surface area (Å²) in [6, 6.07) is 15.1. The Hall–Kier alpha value is -3.85. The van der Waals surface area contributed by atoms with Gasteiger partial charge in [-0.2, -0.15) is 0 Å². The lowest BCUT2D eigenvalue weighted by molar-refractivity contribution is 0.0950. The number of hydrogen-bond acceptors (Lipinski definition) is 5. The molecule has 1 N–H and O–H groups in total. The lowest BCUT2D eigenvalue weighted by Gasteiger charge is -2.09. The van der Waals surface area contributed by atoms with Gasteiger partial charge in [-0.3, -0.25) is 4.79 Å². The van der Waals surface area contributed by atoms with Gasteiger partial charge in [-0.05, 0) is 48.4 Å². The molecule has 1 heterocycles. The minimum absolute atomic E-state index is 0.113. The van der Waals surface area contributed by atoms with E-state index < -0.39 is 17.5 Å². The molecule has 9 heteroatoms. The molecule has 0 saturated heterocycles. The molecule has 4 aromatic rings. The highest BCUT2D eigenvalue weighted by Gasteiger charge is 2.16. The number of ether oxygens (including phenoxy) is 2. The van der Waals surface area contributed by atoms with Crippen molar-refractivity contribution in [3.8, 4) is 22.1 Å². The summed E-state index contributed by atoms with van der Waals surface area (Å²) in [6.45, 7) is 0.0381. The van der Waals surface area contributed by atoms with Crippen molar-refractivity contribution in [2.45, 2.75) is 13.0 Å². The lowest BCUT2D eigenvalue weighted by Crippen LogP contribution is -2.25. The van der Waals surface area contributed by atoms with E-state index in [0.717, 1.165) is 40.8 Å². The van der Waals surface area contributed by atoms with Crippen LogP contribution in [0.3, 0.4) is 0 Å². The summed E-state index contributed by atoms with van der Waals surface area (Å²) in [4.78, 5) is 16.7. The molecule has 0 bridgehead atoms. The van der Waals surface area contributed by atoms with Crippen LogP contribution in [-0.4, -0.2) is 24.5 Å². The van der Waals surface area contributed by atoms with Crippen molar-refractivity contribution in [1.82, 2.24) is 10.3 Å². The molecule has 0 saturated carbocycles. The van der Waals surface area contributed by atoms with Gasteiger partial charge in [0.1, 0.15) is 46.3 Å². The van der Waals surface area contributed by atoms with Crippen molar-refractivity contribution in [2.24, 2.45) is 0 Å². The van der Waals surface area contributed by atoms with Gasteiger partial charge in [0.15, 0.2) is 0 Å². The van der Waals surface area contributed by atoms with Gasteiger partial charge in [0.05, 0.1) is 12.7 Å². The summed E-state index contributed by atoms with van der Waals surface area (Å²) in [5.74, 6) is -1.58. The Labute approximate surface area is 204 Å². The summed E-state index contributed by atoms with van der Waals surface area (Å²) >= 11 is 1.13. The van der Waals surface area contributed by atoms with E-state index in [0.29, 0.717) is 18.0 Å². The normalized spacial score (nSPS) is 10.7. The van der Waals surface area contributed by atoms with Crippen molar-refractivity contribution < 1.29 is 27.4 Å². The second-order valence-electron chi connectivity index (χ2n) is 7.52. The molecule has 0 aliphatic heterocycles. The Balaban J connectivity index is 1.35. The zero-order chi connectivity index (χ0) is 24.8. The number of methoxy groups -OCH3 is 1. The second-order valence-corrected chi connectivity index (χ2v) is 8.38. The first kappa shape index (κ1) is 24.3. The minimum atomic E-state index is -0.736. The number of hydrogen-bond donors (Lipinski definition) is 1. The first-order valence-electron chi connectivity index (χ1n) is 10.7. The number of nitrogens with zero attached hydrogens (tertiary/aromatic N) is 1. The Bertz CT molecular complexity index is 1310. The van der Waals surface area contributed by atoms with Gasteiger partial charge < -0.3 is 14.8 Å². The molecule has 0 aliphatic rings. The Morgan fingerprint density at radius 2 is 1.69 bits per heavy atom. The summed E-state index contributed by atoms with van der Waals surface area (Å²) < 4.78 is 52.7. The monoisotopic (exact) mass is 498 g/mol. The molecule has 1 amide bonds. The van der Waals surface area contributed by atoms with Crippen LogP contribution in [0.4, 0.5) is 13.2 Å². The highest BCUT2D eigenvalue weighted by atomic mass is 32.1. The van der Waals surface area contributed by atoms with E-state index in [1.807, 2.05) is 24.3 Å². The number of rotatable bonds is 9. The quantitative estimate of drug-likeness (QED) is 0.318. The van der Waals surface area contributed by atoms with Gasteiger partial charge in [0.25, 0.3) is 5.91 Å². The number of thiazole rings is 1. The van der Waals surface area contributed by atoms with E-state index in [9.17, 15) is 18.0 Å². The third-order valence-electron chi connectivity index (χ3n) is 5.21. The molecule has 0 unspecified atom stereocenters.